The van der Waals surface area contributed by atoms with Crippen LogP contribution in [0.3, 0.4) is 0 Å². The average molecular weight is 443 g/mol. The zero-order valence-corrected chi connectivity index (χ0v) is 20.9. The number of fused-ring (bicyclic) bond motifs is 1. The molecule has 0 unspecified atom stereocenters. The summed E-state index contributed by atoms with van der Waals surface area (Å²) in [5.74, 6) is 3.17. The van der Waals surface area contributed by atoms with E-state index in [1.165, 1.54) is 40.3 Å². The Morgan fingerprint density at radius 1 is 1.32 bits per heavy atom. The van der Waals surface area contributed by atoms with Crippen LogP contribution in [-0.4, -0.2) is 41.9 Å². The van der Waals surface area contributed by atoms with E-state index in [-0.39, 0.29) is 0 Å². The number of anilines is 1. The number of hydrogen-bond donors (Lipinski definition) is 0. The maximum atomic E-state index is 5.14. The summed E-state index contributed by atoms with van der Waals surface area (Å²) in [7, 11) is 1.60. The molecule has 0 amide bonds. The normalized spacial score (nSPS) is 17.2. The third-order valence-corrected chi connectivity index (χ3v) is 7.82. The lowest BCUT2D eigenvalue weighted by Crippen LogP contribution is -2.44. The van der Waals surface area contributed by atoms with E-state index < -0.39 is 0 Å². The van der Waals surface area contributed by atoms with Crippen molar-refractivity contribution in [1.29, 1.82) is 0 Å². The van der Waals surface area contributed by atoms with Gasteiger partial charge in [0.15, 0.2) is 0 Å². The molecule has 170 valence electrons. The molecule has 1 saturated carbocycles. The van der Waals surface area contributed by atoms with Crippen molar-refractivity contribution in [3.05, 3.63) is 47.4 Å². The van der Waals surface area contributed by atoms with Gasteiger partial charge in [-0.1, -0.05) is 19.6 Å². The van der Waals surface area contributed by atoms with Crippen molar-refractivity contribution in [3.8, 4) is 0 Å². The van der Waals surface area contributed by atoms with Crippen LogP contribution in [0.1, 0.15) is 63.0 Å². The minimum Gasteiger partial charge on any atom is -0.481 e. The summed E-state index contributed by atoms with van der Waals surface area (Å²) in [6.45, 7) is 26.4. The van der Waals surface area contributed by atoms with Gasteiger partial charge in [0.05, 0.1) is 13.7 Å². The van der Waals surface area contributed by atoms with Gasteiger partial charge in [0.1, 0.15) is 16.7 Å². The Labute approximate surface area is 192 Å². The number of ether oxygens (including phenoxy) is 1. The van der Waals surface area contributed by atoms with E-state index in [1.54, 1.807) is 7.11 Å². The van der Waals surface area contributed by atoms with Gasteiger partial charge in [-0.2, -0.15) is 0 Å². The van der Waals surface area contributed by atoms with Crippen LogP contribution in [-0.2, 0) is 11.3 Å². The first kappa shape index (κ1) is 23.5. The van der Waals surface area contributed by atoms with Crippen molar-refractivity contribution in [3.63, 3.8) is 0 Å². The van der Waals surface area contributed by atoms with Gasteiger partial charge in [-0.25, -0.2) is 4.99 Å². The quantitative estimate of drug-likeness (QED) is 0.273. The van der Waals surface area contributed by atoms with E-state index in [4.69, 9.17) is 4.74 Å². The lowest BCUT2D eigenvalue weighted by atomic mass is 9.85. The molecule has 1 fully saturated rings. The second kappa shape index (κ2) is 9.51. The fourth-order valence-electron chi connectivity index (χ4n) is 4.41. The van der Waals surface area contributed by atoms with Crippen LogP contribution in [0.5, 0.6) is 0 Å². The third kappa shape index (κ3) is 4.54. The van der Waals surface area contributed by atoms with E-state index in [1.807, 2.05) is 18.3 Å². The molecule has 3 rings (SSSR count). The second-order valence-corrected chi connectivity index (χ2v) is 9.92. The van der Waals surface area contributed by atoms with Gasteiger partial charge >= 0.3 is 0 Å². The van der Waals surface area contributed by atoms with Crippen LogP contribution >= 0.6 is 11.3 Å². The van der Waals surface area contributed by atoms with Crippen molar-refractivity contribution < 1.29 is 4.74 Å². The topological polar surface area (TPSA) is 31.3 Å². The number of aliphatic imine (C=N–C) groups is 1. The fraction of sp³-hybridized carbons (Fsp3) is 0.560. The molecule has 0 radical (unpaired) electrons. The monoisotopic (exact) mass is 442 g/mol. The lowest BCUT2D eigenvalue weighted by Gasteiger charge is -2.45. The van der Waals surface area contributed by atoms with Crippen molar-refractivity contribution in [1.82, 2.24) is 9.80 Å². The first-order valence-electron chi connectivity index (χ1n) is 11.3. The number of methoxy groups -OCH3 is 1. The minimum atomic E-state index is 0.321. The summed E-state index contributed by atoms with van der Waals surface area (Å²) in [5, 5.41) is 1.30. The number of thiophene rings is 1. The zero-order valence-electron chi connectivity index (χ0n) is 20.1. The standard InChI is InChI=1S/C25H38N4OS/c1-10-27(19(6)26-20(7)30-9)15-23-17(4)24-18(5)29(16(2)3)21(8)28(25(24)31-23)14-22-12-11-13-22/h16,22H,5,7-8,10-15H2,1-4,6,9H3/b26-19+. The molecule has 0 atom stereocenters. The van der Waals surface area contributed by atoms with Crippen molar-refractivity contribution in [2.45, 2.75) is 66.5 Å². The molecule has 1 aliphatic heterocycles. The summed E-state index contributed by atoms with van der Waals surface area (Å²) in [6, 6.07) is 0.321. The molecular formula is C25H38N4OS. The Morgan fingerprint density at radius 3 is 2.52 bits per heavy atom. The van der Waals surface area contributed by atoms with Gasteiger partial charge < -0.3 is 19.4 Å². The molecule has 1 aliphatic carbocycles. The highest BCUT2D eigenvalue weighted by atomic mass is 32.1. The zero-order chi connectivity index (χ0) is 22.9. The Morgan fingerprint density at radius 2 is 2.00 bits per heavy atom. The Bertz CT molecular complexity index is 894. The predicted octanol–water partition coefficient (Wildman–Crippen LogP) is 6.19. The summed E-state index contributed by atoms with van der Waals surface area (Å²) in [5.41, 5.74) is 3.67. The second-order valence-electron chi connectivity index (χ2n) is 8.84. The van der Waals surface area contributed by atoms with Crippen molar-refractivity contribution in [2.75, 3.05) is 25.1 Å². The molecule has 0 N–H and O–H groups in total. The molecule has 0 bridgehead atoms. The van der Waals surface area contributed by atoms with E-state index in [2.05, 4.69) is 67.1 Å². The van der Waals surface area contributed by atoms with Gasteiger partial charge in [-0.15, -0.1) is 11.3 Å². The first-order chi connectivity index (χ1) is 14.7. The predicted molar refractivity (Wildman–Crippen MR) is 134 cm³/mol. The van der Waals surface area contributed by atoms with E-state index >= 15 is 0 Å². The highest BCUT2D eigenvalue weighted by Crippen LogP contribution is 2.48. The Hall–Kier alpha value is -2.21. The van der Waals surface area contributed by atoms with Crippen LogP contribution in [0, 0.1) is 12.8 Å². The van der Waals surface area contributed by atoms with Crippen molar-refractivity contribution in [2.24, 2.45) is 10.9 Å². The SMILES string of the molecule is C=C(/N=C(\C)N(CC)Cc1sc2c(c1C)C(=C)N(C(C)C)C(=C)N2CC1CCC1)OC. The van der Waals surface area contributed by atoms with Crippen molar-refractivity contribution >= 4 is 27.9 Å². The summed E-state index contributed by atoms with van der Waals surface area (Å²) >= 11 is 1.88. The molecule has 0 spiro atoms. The molecule has 2 aliphatic rings. The number of rotatable bonds is 8. The van der Waals surface area contributed by atoms with Crippen LogP contribution < -0.4 is 4.90 Å². The molecule has 1 aromatic rings. The largest absolute Gasteiger partial charge is 0.481 e. The van der Waals surface area contributed by atoms with E-state index in [0.29, 0.717) is 11.9 Å². The van der Waals surface area contributed by atoms with Crippen LogP contribution in [0.2, 0.25) is 0 Å². The van der Waals surface area contributed by atoms with Crippen LogP contribution in [0.15, 0.2) is 36.4 Å². The maximum Gasteiger partial charge on any atom is 0.207 e. The van der Waals surface area contributed by atoms with Gasteiger partial charge in [0.2, 0.25) is 5.88 Å². The van der Waals surface area contributed by atoms with Gasteiger partial charge in [-0.3, -0.25) is 0 Å². The Balaban J connectivity index is 1.98. The average Bonchev–Trinajstić information content (AvgIpc) is 3.00. The fourth-order valence-corrected chi connectivity index (χ4v) is 5.78. The number of hydrogen-bond acceptors (Lipinski definition) is 5. The van der Waals surface area contributed by atoms with Gasteiger partial charge in [0, 0.05) is 35.3 Å². The lowest BCUT2D eigenvalue weighted by molar-refractivity contribution is 0.288. The molecule has 0 aromatic carbocycles. The highest BCUT2D eigenvalue weighted by molar-refractivity contribution is 7.16. The molecular weight excluding hydrogens is 404 g/mol. The number of nitrogens with zero attached hydrogens (tertiary/aromatic N) is 4. The van der Waals surface area contributed by atoms with E-state index in [9.17, 15) is 0 Å². The van der Waals surface area contributed by atoms with E-state index in [0.717, 1.165) is 42.9 Å². The molecule has 2 heterocycles. The van der Waals surface area contributed by atoms with Crippen LogP contribution in [0.25, 0.3) is 5.70 Å². The Kier molecular flexibility index (Phi) is 7.20. The molecule has 31 heavy (non-hydrogen) atoms. The molecule has 5 nitrogen and oxygen atoms in total. The summed E-state index contributed by atoms with van der Waals surface area (Å²) in [6.07, 6.45) is 3.99. The maximum absolute atomic E-state index is 5.14. The smallest absolute Gasteiger partial charge is 0.207 e. The molecule has 1 aromatic heterocycles. The molecule has 6 heteroatoms. The molecule has 0 saturated heterocycles. The third-order valence-electron chi connectivity index (χ3n) is 6.52. The van der Waals surface area contributed by atoms with Crippen LogP contribution in [0.4, 0.5) is 5.00 Å². The summed E-state index contributed by atoms with van der Waals surface area (Å²) in [4.78, 5) is 12.9. The van der Waals surface area contributed by atoms with Gasteiger partial charge in [-0.05, 0) is 65.5 Å². The summed E-state index contributed by atoms with van der Waals surface area (Å²) < 4.78 is 5.14. The first-order valence-corrected chi connectivity index (χ1v) is 12.1. The minimum absolute atomic E-state index is 0.321. The highest BCUT2D eigenvalue weighted by Gasteiger charge is 2.36. The van der Waals surface area contributed by atoms with Gasteiger partial charge in [0.25, 0.3) is 0 Å². The number of amidine groups is 1.